The molecule has 0 unspecified atom stereocenters. The first-order chi connectivity index (χ1) is 12.5. The molecule has 1 aliphatic carbocycles. The van der Waals surface area contributed by atoms with Crippen LogP contribution in [0.25, 0.3) is 0 Å². The van der Waals surface area contributed by atoms with Crippen LogP contribution in [-0.2, 0) is 9.59 Å². The molecular formula is C21H28N2O3. The number of nitrogens with zero attached hydrogens (tertiary/aromatic N) is 1. The highest BCUT2D eigenvalue weighted by molar-refractivity contribution is 6.06. The Kier molecular flexibility index (Phi) is 5.87. The molecule has 0 spiro atoms. The zero-order valence-corrected chi connectivity index (χ0v) is 15.5. The lowest BCUT2D eigenvalue weighted by molar-refractivity contribution is -0.132. The molecule has 0 aromatic heterocycles. The standard InChI is InChI=1S/C21H28N2O3/c1-21(12-6-3-7-13-21)18(24)15-23-14-8-11-17(23)20(26)22-19(25)16-9-4-2-5-10-16/h2,4-5,9-10,17H,3,6-8,11-15H2,1H3,(H,22,25,26)/t17-/m0/s1. The molecule has 1 saturated heterocycles. The van der Waals surface area contributed by atoms with E-state index in [2.05, 4.69) is 12.2 Å². The van der Waals surface area contributed by atoms with Crippen LogP contribution in [0.15, 0.2) is 30.3 Å². The largest absolute Gasteiger partial charge is 0.298 e. The van der Waals surface area contributed by atoms with E-state index < -0.39 is 0 Å². The monoisotopic (exact) mass is 356 g/mol. The third-order valence-corrected chi connectivity index (χ3v) is 5.92. The maximum absolute atomic E-state index is 12.8. The Bertz CT molecular complexity index is 665. The third-order valence-electron chi connectivity index (χ3n) is 5.92. The van der Waals surface area contributed by atoms with Crippen LogP contribution in [0, 0.1) is 5.41 Å². The minimum Gasteiger partial charge on any atom is -0.298 e. The second-order valence-corrected chi connectivity index (χ2v) is 7.86. The van der Waals surface area contributed by atoms with Crippen LogP contribution in [0.3, 0.4) is 0 Å². The van der Waals surface area contributed by atoms with E-state index >= 15 is 0 Å². The summed E-state index contributed by atoms with van der Waals surface area (Å²) in [6, 6.07) is 8.34. The van der Waals surface area contributed by atoms with Gasteiger partial charge in [0.1, 0.15) is 0 Å². The van der Waals surface area contributed by atoms with E-state index in [1.807, 2.05) is 11.0 Å². The van der Waals surface area contributed by atoms with E-state index in [-0.39, 0.29) is 29.1 Å². The average molecular weight is 356 g/mol. The summed E-state index contributed by atoms with van der Waals surface area (Å²) in [6.45, 7) is 3.12. The predicted octanol–water partition coefficient (Wildman–Crippen LogP) is 2.95. The van der Waals surface area contributed by atoms with Gasteiger partial charge in [0.25, 0.3) is 5.91 Å². The summed E-state index contributed by atoms with van der Waals surface area (Å²) in [7, 11) is 0. The molecule has 1 aliphatic heterocycles. The summed E-state index contributed by atoms with van der Waals surface area (Å²) in [5.74, 6) is -0.433. The number of Topliss-reactive ketones (excluding diaryl/α,β-unsaturated/α-hetero) is 1. The second-order valence-electron chi connectivity index (χ2n) is 7.86. The van der Waals surface area contributed by atoms with Crippen molar-refractivity contribution in [2.45, 2.75) is 57.9 Å². The quantitative estimate of drug-likeness (QED) is 0.824. The molecule has 1 heterocycles. The summed E-state index contributed by atoms with van der Waals surface area (Å²) in [6.07, 6.45) is 6.89. The first kappa shape index (κ1) is 18.8. The highest BCUT2D eigenvalue weighted by Crippen LogP contribution is 2.37. The van der Waals surface area contributed by atoms with Crippen molar-refractivity contribution >= 4 is 17.6 Å². The zero-order valence-electron chi connectivity index (χ0n) is 15.5. The number of carbonyl (C=O) groups excluding carboxylic acids is 3. The van der Waals surface area contributed by atoms with E-state index in [1.54, 1.807) is 24.3 Å². The van der Waals surface area contributed by atoms with Gasteiger partial charge in [0.2, 0.25) is 5.91 Å². The Morgan fingerprint density at radius 3 is 2.46 bits per heavy atom. The number of hydrogen-bond donors (Lipinski definition) is 1. The van der Waals surface area contributed by atoms with E-state index in [4.69, 9.17) is 0 Å². The summed E-state index contributed by atoms with van der Waals surface area (Å²) < 4.78 is 0. The molecule has 0 bridgehead atoms. The van der Waals surface area contributed by atoms with Crippen molar-refractivity contribution in [1.29, 1.82) is 0 Å². The fourth-order valence-corrected chi connectivity index (χ4v) is 4.16. The lowest BCUT2D eigenvalue weighted by Crippen LogP contribution is -2.48. The minimum absolute atomic E-state index is 0.242. The predicted molar refractivity (Wildman–Crippen MR) is 99.7 cm³/mol. The molecule has 1 aromatic rings. The first-order valence-electron chi connectivity index (χ1n) is 9.67. The summed E-state index contributed by atoms with van der Waals surface area (Å²) in [5.41, 5.74) is 0.220. The molecule has 2 fully saturated rings. The van der Waals surface area contributed by atoms with Crippen LogP contribution in [0.5, 0.6) is 0 Å². The van der Waals surface area contributed by atoms with Crippen molar-refractivity contribution in [3.05, 3.63) is 35.9 Å². The van der Waals surface area contributed by atoms with Crippen LogP contribution in [-0.4, -0.2) is 41.6 Å². The highest BCUT2D eigenvalue weighted by atomic mass is 16.2. The molecule has 2 amide bonds. The number of rotatable bonds is 5. The molecule has 2 aliphatic rings. The molecule has 5 heteroatoms. The molecule has 26 heavy (non-hydrogen) atoms. The van der Waals surface area contributed by atoms with Crippen molar-refractivity contribution in [3.8, 4) is 0 Å². The van der Waals surface area contributed by atoms with Gasteiger partial charge in [0.15, 0.2) is 5.78 Å². The number of amides is 2. The molecule has 140 valence electrons. The number of benzene rings is 1. The van der Waals surface area contributed by atoms with Crippen molar-refractivity contribution in [1.82, 2.24) is 10.2 Å². The number of nitrogens with one attached hydrogen (secondary N) is 1. The molecular weight excluding hydrogens is 328 g/mol. The number of carbonyl (C=O) groups is 3. The van der Waals surface area contributed by atoms with Crippen LogP contribution in [0.2, 0.25) is 0 Å². The van der Waals surface area contributed by atoms with Gasteiger partial charge in [-0.15, -0.1) is 0 Å². The van der Waals surface area contributed by atoms with Gasteiger partial charge < -0.3 is 0 Å². The Morgan fingerprint density at radius 2 is 1.77 bits per heavy atom. The van der Waals surface area contributed by atoms with Crippen LogP contribution >= 0.6 is 0 Å². The van der Waals surface area contributed by atoms with E-state index in [0.29, 0.717) is 18.5 Å². The van der Waals surface area contributed by atoms with Crippen LogP contribution in [0.1, 0.15) is 62.2 Å². The Hall–Kier alpha value is -2.01. The summed E-state index contributed by atoms with van der Waals surface area (Å²) in [4.78, 5) is 39.6. The molecule has 1 atom stereocenters. The van der Waals surface area contributed by atoms with Gasteiger partial charge >= 0.3 is 0 Å². The fraction of sp³-hybridized carbons (Fsp3) is 0.571. The van der Waals surface area contributed by atoms with Gasteiger partial charge in [-0.2, -0.15) is 0 Å². The molecule has 1 saturated carbocycles. The van der Waals surface area contributed by atoms with Crippen molar-refractivity contribution in [2.24, 2.45) is 5.41 Å². The summed E-state index contributed by atoms with van der Waals surface area (Å²) in [5, 5.41) is 2.50. The Morgan fingerprint density at radius 1 is 1.08 bits per heavy atom. The normalized spacial score (nSPS) is 22.7. The fourth-order valence-electron chi connectivity index (χ4n) is 4.16. The smallest absolute Gasteiger partial charge is 0.257 e. The van der Waals surface area contributed by atoms with Crippen LogP contribution < -0.4 is 5.32 Å². The Labute approximate surface area is 155 Å². The number of hydrogen-bond acceptors (Lipinski definition) is 4. The highest BCUT2D eigenvalue weighted by Gasteiger charge is 2.38. The maximum atomic E-state index is 12.8. The number of imide groups is 1. The number of likely N-dealkylation sites (tertiary alicyclic amines) is 1. The van der Waals surface area contributed by atoms with E-state index in [9.17, 15) is 14.4 Å². The Balaban J connectivity index is 1.59. The molecule has 1 aromatic carbocycles. The molecule has 5 nitrogen and oxygen atoms in total. The maximum Gasteiger partial charge on any atom is 0.257 e. The lowest BCUT2D eigenvalue weighted by Gasteiger charge is -2.34. The first-order valence-corrected chi connectivity index (χ1v) is 9.67. The topological polar surface area (TPSA) is 66.5 Å². The second kappa shape index (κ2) is 8.12. The van der Waals surface area contributed by atoms with Gasteiger partial charge in [-0.25, -0.2) is 0 Å². The van der Waals surface area contributed by atoms with Crippen molar-refractivity contribution < 1.29 is 14.4 Å². The van der Waals surface area contributed by atoms with Gasteiger partial charge in [0.05, 0.1) is 12.6 Å². The lowest BCUT2D eigenvalue weighted by atomic mass is 9.72. The van der Waals surface area contributed by atoms with Gasteiger partial charge in [-0.1, -0.05) is 44.4 Å². The van der Waals surface area contributed by atoms with Crippen LogP contribution in [0.4, 0.5) is 0 Å². The van der Waals surface area contributed by atoms with E-state index in [1.165, 1.54) is 6.42 Å². The van der Waals surface area contributed by atoms with Gasteiger partial charge in [0, 0.05) is 11.0 Å². The van der Waals surface area contributed by atoms with Crippen molar-refractivity contribution in [3.63, 3.8) is 0 Å². The summed E-state index contributed by atoms with van der Waals surface area (Å²) >= 11 is 0. The SMILES string of the molecule is CC1(C(=O)CN2CCC[C@H]2C(=O)NC(=O)c2ccccc2)CCCCC1. The van der Waals surface area contributed by atoms with Gasteiger partial charge in [-0.05, 0) is 44.4 Å². The van der Waals surface area contributed by atoms with Crippen molar-refractivity contribution in [2.75, 3.05) is 13.1 Å². The molecule has 3 rings (SSSR count). The third kappa shape index (κ3) is 4.21. The minimum atomic E-state index is -0.390. The molecule has 0 radical (unpaired) electrons. The zero-order chi connectivity index (χ0) is 18.6. The van der Waals surface area contributed by atoms with Gasteiger partial charge in [-0.3, -0.25) is 24.6 Å². The average Bonchev–Trinajstić information content (AvgIpc) is 3.11. The number of ketones is 1. The molecule has 1 N–H and O–H groups in total. The van der Waals surface area contributed by atoms with E-state index in [0.717, 1.165) is 38.6 Å².